The molecule has 0 aromatic heterocycles. The zero-order valence-electron chi connectivity index (χ0n) is 7.22. The molecule has 1 aromatic carbocycles. The average Bonchev–Trinajstić information content (AvgIpc) is 2.34. The van der Waals surface area contributed by atoms with Crippen molar-refractivity contribution in [3.05, 3.63) is 34.9 Å². The van der Waals surface area contributed by atoms with Gasteiger partial charge in [-0.25, -0.2) is 0 Å². The number of fused-ring (bicyclic) bond motifs is 1. The summed E-state index contributed by atoms with van der Waals surface area (Å²) in [6.07, 6.45) is 2.64. The van der Waals surface area contributed by atoms with E-state index in [9.17, 15) is 0 Å². The Bertz CT molecular complexity index is 273. The Kier molecular flexibility index (Phi) is 1.49. The summed E-state index contributed by atoms with van der Waals surface area (Å²) in [5.74, 6) is 0.797. The van der Waals surface area contributed by atoms with Gasteiger partial charge in [-0.1, -0.05) is 25.1 Å². The first-order valence-electron chi connectivity index (χ1n) is 4.37. The fraction of sp³-hybridized carbons (Fsp3) is 0.455. The van der Waals surface area contributed by atoms with Gasteiger partial charge in [0.2, 0.25) is 0 Å². The third kappa shape index (κ3) is 0.973. The van der Waals surface area contributed by atoms with Gasteiger partial charge < -0.3 is 0 Å². The van der Waals surface area contributed by atoms with Gasteiger partial charge in [0, 0.05) is 0 Å². The topological polar surface area (TPSA) is 0 Å². The van der Waals surface area contributed by atoms with Crippen LogP contribution in [0, 0.1) is 6.92 Å². The van der Waals surface area contributed by atoms with Crippen molar-refractivity contribution in [1.29, 1.82) is 0 Å². The molecule has 0 unspecified atom stereocenters. The average molecular weight is 146 g/mol. The van der Waals surface area contributed by atoms with Crippen molar-refractivity contribution < 1.29 is 0 Å². The van der Waals surface area contributed by atoms with Crippen molar-refractivity contribution in [2.75, 3.05) is 0 Å². The van der Waals surface area contributed by atoms with E-state index in [1.165, 1.54) is 18.4 Å². The van der Waals surface area contributed by atoms with Crippen molar-refractivity contribution in [2.45, 2.75) is 32.6 Å². The zero-order chi connectivity index (χ0) is 7.84. The quantitative estimate of drug-likeness (QED) is 0.527. The second kappa shape index (κ2) is 2.37. The largest absolute Gasteiger partial charge is 0.0617 e. The summed E-state index contributed by atoms with van der Waals surface area (Å²) >= 11 is 0. The molecule has 0 heterocycles. The molecule has 0 amide bonds. The van der Waals surface area contributed by atoms with Crippen molar-refractivity contribution in [3.8, 4) is 0 Å². The highest BCUT2D eigenvalue weighted by atomic mass is 14.2. The molecule has 0 fully saturated rings. The van der Waals surface area contributed by atoms with Crippen LogP contribution in [0.2, 0.25) is 0 Å². The van der Waals surface area contributed by atoms with E-state index < -0.39 is 0 Å². The van der Waals surface area contributed by atoms with Gasteiger partial charge in [0.15, 0.2) is 0 Å². The number of hydrogen-bond acceptors (Lipinski definition) is 0. The third-order valence-corrected chi connectivity index (χ3v) is 2.75. The highest BCUT2D eigenvalue weighted by Crippen LogP contribution is 2.34. The second-order valence-electron chi connectivity index (χ2n) is 3.59. The van der Waals surface area contributed by atoms with Crippen molar-refractivity contribution in [2.24, 2.45) is 0 Å². The van der Waals surface area contributed by atoms with Crippen LogP contribution in [0.1, 0.15) is 36.0 Å². The molecule has 11 heavy (non-hydrogen) atoms. The first-order valence-corrected chi connectivity index (χ1v) is 4.37. The van der Waals surface area contributed by atoms with Gasteiger partial charge >= 0.3 is 0 Å². The van der Waals surface area contributed by atoms with Crippen LogP contribution in [-0.4, -0.2) is 0 Å². The van der Waals surface area contributed by atoms with Gasteiger partial charge in [0.05, 0.1) is 0 Å². The second-order valence-corrected chi connectivity index (χ2v) is 3.59. The molecule has 0 bridgehead atoms. The molecule has 0 saturated carbocycles. The van der Waals surface area contributed by atoms with Crippen molar-refractivity contribution >= 4 is 0 Å². The Labute approximate surface area is 68.3 Å². The molecule has 1 aromatic rings. The standard InChI is InChI=1S/C11H14/c1-8-4-3-5-10-7-6-9(2)11(8)10/h3-5,9H,6-7H2,1-2H3/t9-/m0/s1. The van der Waals surface area contributed by atoms with Crippen LogP contribution >= 0.6 is 0 Å². The Morgan fingerprint density at radius 1 is 1.36 bits per heavy atom. The molecular weight excluding hydrogens is 132 g/mol. The van der Waals surface area contributed by atoms with E-state index in [1.54, 1.807) is 11.1 Å². The van der Waals surface area contributed by atoms with E-state index in [2.05, 4.69) is 32.0 Å². The lowest BCUT2D eigenvalue weighted by molar-refractivity contribution is 0.744. The van der Waals surface area contributed by atoms with Crippen LogP contribution in [0.25, 0.3) is 0 Å². The lowest BCUT2D eigenvalue weighted by atomic mass is 9.98. The van der Waals surface area contributed by atoms with Crippen molar-refractivity contribution in [1.82, 2.24) is 0 Å². The Balaban J connectivity index is 2.58. The number of aryl methyl sites for hydroxylation is 2. The first-order chi connectivity index (χ1) is 5.29. The summed E-state index contributed by atoms with van der Waals surface area (Å²) in [5, 5.41) is 0. The minimum atomic E-state index is 0.797. The summed E-state index contributed by atoms with van der Waals surface area (Å²) < 4.78 is 0. The van der Waals surface area contributed by atoms with E-state index >= 15 is 0 Å². The monoisotopic (exact) mass is 146 g/mol. The Morgan fingerprint density at radius 3 is 2.91 bits per heavy atom. The highest BCUT2D eigenvalue weighted by molar-refractivity contribution is 5.40. The van der Waals surface area contributed by atoms with Crippen LogP contribution in [0.4, 0.5) is 0 Å². The van der Waals surface area contributed by atoms with E-state index in [1.807, 2.05) is 0 Å². The normalized spacial score (nSPS) is 21.8. The smallest absolute Gasteiger partial charge is 0.0182 e. The van der Waals surface area contributed by atoms with Gasteiger partial charge in [0.1, 0.15) is 0 Å². The number of benzene rings is 1. The van der Waals surface area contributed by atoms with Crippen LogP contribution in [-0.2, 0) is 6.42 Å². The molecule has 0 saturated heterocycles. The minimum Gasteiger partial charge on any atom is -0.0617 e. The lowest BCUT2D eigenvalue weighted by Crippen LogP contribution is -1.89. The fourth-order valence-electron chi connectivity index (χ4n) is 2.18. The minimum absolute atomic E-state index is 0.797. The van der Waals surface area contributed by atoms with Gasteiger partial charge in [0.25, 0.3) is 0 Å². The van der Waals surface area contributed by atoms with Crippen molar-refractivity contribution in [3.63, 3.8) is 0 Å². The van der Waals surface area contributed by atoms with Crippen LogP contribution in [0.3, 0.4) is 0 Å². The van der Waals surface area contributed by atoms with Gasteiger partial charge in [-0.3, -0.25) is 0 Å². The molecular formula is C11H14. The summed E-state index contributed by atoms with van der Waals surface area (Å²) in [6.45, 7) is 4.56. The Morgan fingerprint density at radius 2 is 2.18 bits per heavy atom. The summed E-state index contributed by atoms with van der Waals surface area (Å²) in [7, 11) is 0. The predicted molar refractivity (Wildman–Crippen MR) is 47.9 cm³/mol. The fourth-order valence-corrected chi connectivity index (χ4v) is 2.18. The molecule has 0 spiro atoms. The molecule has 1 aliphatic rings. The molecule has 0 N–H and O–H groups in total. The van der Waals surface area contributed by atoms with Gasteiger partial charge in [-0.05, 0) is 42.4 Å². The Hall–Kier alpha value is -0.780. The lowest BCUT2D eigenvalue weighted by Gasteiger charge is -2.07. The van der Waals surface area contributed by atoms with Gasteiger partial charge in [-0.2, -0.15) is 0 Å². The number of hydrogen-bond donors (Lipinski definition) is 0. The molecule has 1 aliphatic carbocycles. The molecule has 1 atom stereocenters. The summed E-state index contributed by atoms with van der Waals surface area (Å²) in [4.78, 5) is 0. The van der Waals surface area contributed by atoms with Gasteiger partial charge in [-0.15, -0.1) is 0 Å². The maximum atomic E-state index is 2.33. The zero-order valence-corrected chi connectivity index (χ0v) is 7.22. The van der Waals surface area contributed by atoms with E-state index in [0.717, 1.165) is 5.92 Å². The molecule has 58 valence electrons. The molecule has 0 aliphatic heterocycles. The molecule has 0 heteroatoms. The molecule has 0 nitrogen and oxygen atoms in total. The maximum absolute atomic E-state index is 2.33. The summed E-state index contributed by atoms with van der Waals surface area (Å²) in [5.41, 5.74) is 4.68. The molecule has 0 radical (unpaired) electrons. The maximum Gasteiger partial charge on any atom is -0.0182 e. The predicted octanol–water partition coefficient (Wildman–Crippen LogP) is 3.04. The summed E-state index contributed by atoms with van der Waals surface area (Å²) in [6, 6.07) is 6.67. The van der Waals surface area contributed by atoms with E-state index in [-0.39, 0.29) is 0 Å². The van der Waals surface area contributed by atoms with E-state index in [4.69, 9.17) is 0 Å². The first kappa shape index (κ1) is 6.90. The third-order valence-electron chi connectivity index (χ3n) is 2.75. The van der Waals surface area contributed by atoms with Crippen LogP contribution in [0.5, 0.6) is 0 Å². The molecule has 2 rings (SSSR count). The van der Waals surface area contributed by atoms with Crippen LogP contribution in [0.15, 0.2) is 18.2 Å². The van der Waals surface area contributed by atoms with E-state index in [0.29, 0.717) is 0 Å². The highest BCUT2D eigenvalue weighted by Gasteiger charge is 2.19. The number of rotatable bonds is 0. The SMILES string of the molecule is Cc1cccc2c1[C@@H](C)CC2. The van der Waals surface area contributed by atoms with Crippen LogP contribution < -0.4 is 0 Å².